The maximum Gasteiger partial charge on any atom is 0.220 e. The van der Waals surface area contributed by atoms with Gasteiger partial charge in [-0.25, -0.2) is 0 Å². The van der Waals surface area contributed by atoms with Crippen LogP contribution >= 0.6 is 0 Å². The molecule has 2 rings (SSSR count). The lowest BCUT2D eigenvalue weighted by molar-refractivity contribution is -0.123. The molecule has 0 spiro atoms. The van der Waals surface area contributed by atoms with E-state index in [0.717, 1.165) is 45.6 Å². The van der Waals surface area contributed by atoms with E-state index in [1.165, 1.54) is 6.42 Å². The maximum absolute atomic E-state index is 11.8. The number of amides is 1. The fourth-order valence-corrected chi connectivity index (χ4v) is 2.47. The lowest BCUT2D eigenvalue weighted by Gasteiger charge is -2.26. The Labute approximate surface area is 97.1 Å². The number of hydrogen-bond donors (Lipinski definition) is 2. The predicted octanol–water partition coefficient (Wildman–Crippen LogP) is 0.671. The molecule has 2 N–H and O–H groups in total. The van der Waals surface area contributed by atoms with Gasteiger partial charge in [0.25, 0.3) is 0 Å². The van der Waals surface area contributed by atoms with Crippen LogP contribution in [0.15, 0.2) is 0 Å². The number of carbonyl (C=O) groups excluding carboxylic acids is 1. The van der Waals surface area contributed by atoms with E-state index >= 15 is 0 Å². The molecular weight excluding hydrogens is 204 g/mol. The number of ether oxygens (including phenoxy) is 1. The lowest BCUT2D eigenvalue weighted by atomic mass is 9.96. The monoisotopic (exact) mass is 226 g/mol. The highest BCUT2D eigenvalue weighted by Crippen LogP contribution is 2.18. The van der Waals surface area contributed by atoms with Gasteiger partial charge in [-0.15, -0.1) is 0 Å². The van der Waals surface area contributed by atoms with Crippen LogP contribution in [0.1, 0.15) is 32.1 Å². The number of hydrogen-bond acceptors (Lipinski definition) is 3. The smallest absolute Gasteiger partial charge is 0.220 e. The Kier molecular flexibility index (Phi) is 4.60. The minimum atomic E-state index is 0.223. The highest BCUT2D eigenvalue weighted by atomic mass is 16.5. The van der Waals surface area contributed by atoms with Crippen LogP contribution in [0.25, 0.3) is 0 Å². The zero-order valence-corrected chi connectivity index (χ0v) is 9.84. The van der Waals surface area contributed by atoms with E-state index in [4.69, 9.17) is 4.74 Å². The predicted molar refractivity (Wildman–Crippen MR) is 62.2 cm³/mol. The first-order valence-electron chi connectivity index (χ1n) is 6.42. The van der Waals surface area contributed by atoms with Crippen LogP contribution < -0.4 is 10.6 Å². The van der Waals surface area contributed by atoms with Crippen LogP contribution in [0, 0.1) is 5.92 Å². The summed E-state index contributed by atoms with van der Waals surface area (Å²) < 4.78 is 5.29. The first-order chi connectivity index (χ1) is 7.84. The Balaban J connectivity index is 1.66. The second-order valence-electron chi connectivity index (χ2n) is 4.87. The highest BCUT2D eigenvalue weighted by Gasteiger charge is 2.20. The molecule has 0 saturated carbocycles. The summed E-state index contributed by atoms with van der Waals surface area (Å²) in [5.41, 5.74) is 0. The Morgan fingerprint density at radius 2 is 2.12 bits per heavy atom. The SMILES string of the molecule is O=C(CC1CCOCC1)N[C@H]1CCCNC1. The fourth-order valence-electron chi connectivity index (χ4n) is 2.47. The van der Waals surface area contributed by atoms with Crippen molar-refractivity contribution in [3.8, 4) is 0 Å². The standard InChI is InChI=1S/C12H22N2O2/c15-12(8-10-3-6-16-7-4-10)14-11-2-1-5-13-9-11/h10-11,13H,1-9H2,(H,14,15)/t11-/m0/s1. The Bertz CT molecular complexity index is 199. The molecule has 1 amide bonds. The van der Waals surface area contributed by atoms with Crippen LogP contribution in [0.3, 0.4) is 0 Å². The first kappa shape index (κ1) is 11.9. The summed E-state index contributed by atoms with van der Waals surface area (Å²) in [7, 11) is 0. The van der Waals surface area contributed by atoms with Gasteiger partial charge in [0.15, 0.2) is 0 Å². The topological polar surface area (TPSA) is 50.4 Å². The Hall–Kier alpha value is -0.610. The van der Waals surface area contributed by atoms with Crippen LogP contribution in [-0.4, -0.2) is 38.3 Å². The van der Waals surface area contributed by atoms with Crippen LogP contribution in [0.2, 0.25) is 0 Å². The quantitative estimate of drug-likeness (QED) is 0.743. The van der Waals surface area contributed by atoms with Crippen molar-refractivity contribution in [2.45, 2.75) is 38.1 Å². The van der Waals surface area contributed by atoms with Crippen molar-refractivity contribution >= 4 is 5.91 Å². The van der Waals surface area contributed by atoms with Gasteiger partial charge < -0.3 is 15.4 Å². The largest absolute Gasteiger partial charge is 0.381 e. The van der Waals surface area contributed by atoms with E-state index in [0.29, 0.717) is 18.4 Å². The first-order valence-corrected chi connectivity index (χ1v) is 6.42. The van der Waals surface area contributed by atoms with E-state index in [2.05, 4.69) is 10.6 Å². The highest BCUT2D eigenvalue weighted by molar-refractivity contribution is 5.76. The van der Waals surface area contributed by atoms with Gasteiger partial charge in [0.1, 0.15) is 0 Å². The molecule has 0 unspecified atom stereocenters. The minimum Gasteiger partial charge on any atom is -0.381 e. The molecular formula is C12H22N2O2. The molecule has 4 heteroatoms. The fraction of sp³-hybridized carbons (Fsp3) is 0.917. The van der Waals surface area contributed by atoms with Gasteiger partial charge in [-0.3, -0.25) is 4.79 Å². The van der Waals surface area contributed by atoms with E-state index in [9.17, 15) is 4.79 Å². The van der Waals surface area contributed by atoms with Gasteiger partial charge in [0.05, 0.1) is 0 Å². The van der Waals surface area contributed by atoms with Crippen molar-refractivity contribution in [1.82, 2.24) is 10.6 Å². The van der Waals surface area contributed by atoms with Crippen LogP contribution in [-0.2, 0) is 9.53 Å². The van der Waals surface area contributed by atoms with Crippen molar-refractivity contribution in [2.24, 2.45) is 5.92 Å². The molecule has 0 radical (unpaired) electrons. The van der Waals surface area contributed by atoms with Crippen molar-refractivity contribution < 1.29 is 9.53 Å². The van der Waals surface area contributed by atoms with E-state index < -0.39 is 0 Å². The van der Waals surface area contributed by atoms with Gasteiger partial charge in [0, 0.05) is 32.2 Å². The number of piperidine rings is 1. The van der Waals surface area contributed by atoms with E-state index in [1.807, 2.05) is 0 Å². The molecule has 2 saturated heterocycles. The summed E-state index contributed by atoms with van der Waals surface area (Å²) in [5, 5.41) is 6.43. The minimum absolute atomic E-state index is 0.223. The van der Waals surface area contributed by atoms with Crippen molar-refractivity contribution in [2.75, 3.05) is 26.3 Å². The Morgan fingerprint density at radius 3 is 2.81 bits per heavy atom. The molecule has 0 bridgehead atoms. The third kappa shape index (κ3) is 3.76. The zero-order valence-electron chi connectivity index (χ0n) is 9.84. The molecule has 4 nitrogen and oxygen atoms in total. The maximum atomic E-state index is 11.8. The summed E-state index contributed by atoms with van der Waals surface area (Å²) in [4.78, 5) is 11.8. The van der Waals surface area contributed by atoms with E-state index in [1.54, 1.807) is 0 Å². The molecule has 92 valence electrons. The van der Waals surface area contributed by atoms with Crippen LogP contribution in [0.4, 0.5) is 0 Å². The van der Waals surface area contributed by atoms with Gasteiger partial charge in [0.2, 0.25) is 5.91 Å². The average Bonchev–Trinajstić information content (AvgIpc) is 2.31. The van der Waals surface area contributed by atoms with Gasteiger partial charge >= 0.3 is 0 Å². The van der Waals surface area contributed by atoms with Gasteiger partial charge in [-0.1, -0.05) is 0 Å². The van der Waals surface area contributed by atoms with Crippen LogP contribution in [0.5, 0.6) is 0 Å². The molecule has 0 aromatic rings. The number of rotatable bonds is 3. The van der Waals surface area contributed by atoms with Gasteiger partial charge in [-0.05, 0) is 38.1 Å². The number of carbonyl (C=O) groups is 1. The van der Waals surface area contributed by atoms with Crippen molar-refractivity contribution in [3.05, 3.63) is 0 Å². The molecule has 0 aromatic heterocycles. The molecule has 2 aliphatic heterocycles. The zero-order chi connectivity index (χ0) is 11.2. The summed E-state index contributed by atoms with van der Waals surface area (Å²) in [5.74, 6) is 0.755. The van der Waals surface area contributed by atoms with E-state index in [-0.39, 0.29) is 5.91 Å². The molecule has 2 fully saturated rings. The summed E-state index contributed by atoms with van der Waals surface area (Å²) >= 11 is 0. The summed E-state index contributed by atoms with van der Waals surface area (Å²) in [6.07, 6.45) is 5.04. The molecule has 1 atom stereocenters. The molecule has 2 heterocycles. The third-order valence-electron chi connectivity index (χ3n) is 3.48. The number of nitrogens with one attached hydrogen (secondary N) is 2. The summed E-state index contributed by atoms with van der Waals surface area (Å²) in [6.45, 7) is 3.66. The van der Waals surface area contributed by atoms with Gasteiger partial charge in [-0.2, -0.15) is 0 Å². The molecule has 16 heavy (non-hydrogen) atoms. The summed E-state index contributed by atoms with van der Waals surface area (Å²) in [6, 6.07) is 0.348. The molecule has 0 aromatic carbocycles. The second-order valence-corrected chi connectivity index (χ2v) is 4.87. The van der Waals surface area contributed by atoms with Crippen molar-refractivity contribution in [1.29, 1.82) is 0 Å². The molecule has 2 aliphatic rings. The molecule has 0 aliphatic carbocycles. The third-order valence-corrected chi connectivity index (χ3v) is 3.48. The normalized spacial score (nSPS) is 27.6. The lowest BCUT2D eigenvalue weighted by Crippen LogP contribution is -2.46. The average molecular weight is 226 g/mol. The second kappa shape index (κ2) is 6.21. The Morgan fingerprint density at radius 1 is 1.31 bits per heavy atom. The van der Waals surface area contributed by atoms with Crippen molar-refractivity contribution in [3.63, 3.8) is 0 Å².